The van der Waals surface area contributed by atoms with E-state index in [2.05, 4.69) is 72.3 Å². The van der Waals surface area contributed by atoms with Crippen LogP contribution in [0.2, 0.25) is 0 Å². The molecule has 0 aliphatic rings. The summed E-state index contributed by atoms with van der Waals surface area (Å²) in [4.78, 5) is 0. The van der Waals surface area contributed by atoms with E-state index in [1.165, 1.54) is 11.1 Å². The second-order valence-electron chi connectivity index (χ2n) is 5.38. The second kappa shape index (κ2) is 6.80. The molecule has 0 fully saturated rings. The summed E-state index contributed by atoms with van der Waals surface area (Å²) in [6.07, 6.45) is 0.931. The molecule has 0 aliphatic heterocycles. The minimum atomic E-state index is 0.931. The van der Waals surface area contributed by atoms with Crippen molar-refractivity contribution in [3.63, 3.8) is 0 Å². The molecule has 0 aromatic heterocycles. The molecule has 2 heteroatoms. The van der Waals surface area contributed by atoms with Gasteiger partial charge in [-0.2, -0.15) is 0 Å². The smallest absolute Gasteiger partial charge is 0.0381 e. The molecule has 0 radical (unpaired) electrons. The van der Waals surface area contributed by atoms with E-state index in [1.54, 1.807) is 0 Å². The maximum Gasteiger partial charge on any atom is 0.0381 e. The van der Waals surface area contributed by atoms with E-state index < -0.39 is 0 Å². The van der Waals surface area contributed by atoms with Crippen molar-refractivity contribution in [1.29, 1.82) is 0 Å². The number of nitrogens with one attached hydrogen (secondary N) is 2. The number of hydrogen-bond donors (Lipinski definition) is 2. The van der Waals surface area contributed by atoms with Crippen molar-refractivity contribution in [2.24, 2.45) is 0 Å². The number of benzene rings is 2. The van der Waals surface area contributed by atoms with E-state index in [0.717, 1.165) is 29.2 Å². The average molecular weight is 278 g/mol. The van der Waals surface area contributed by atoms with Crippen molar-refractivity contribution in [2.45, 2.75) is 20.3 Å². The average Bonchev–Trinajstić information content (AvgIpc) is 2.42. The summed E-state index contributed by atoms with van der Waals surface area (Å²) in [5.41, 5.74) is 6.64. The van der Waals surface area contributed by atoms with Gasteiger partial charge >= 0.3 is 0 Å². The molecular formula is C19H22N2. The Morgan fingerprint density at radius 2 is 1.05 bits per heavy atom. The maximum atomic E-state index is 3.85. The van der Waals surface area contributed by atoms with Crippen LogP contribution >= 0.6 is 0 Å². The van der Waals surface area contributed by atoms with Crippen LogP contribution in [0.3, 0.4) is 0 Å². The quantitative estimate of drug-likeness (QED) is 0.762. The van der Waals surface area contributed by atoms with Crippen molar-refractivity contribution in [1.82, 2.24) is 0 Å². The highest BCUT2D eigenvalue weighted by atomic mass is 14.9. The first-order valence-electron chi connectivity index (χ1n) is 7.06. The van der Waals surface area contributed by atoms with E-state index in [0.29, 0.717) is 0 Å². The molecule has 21 heavy (non-hydrogen) atoms. The minimum absolute atomic E-state index is 0.931. The van der Waals surface area contributed by atoms with E-state index in [1.807, 2.05) is 13.8 Å². The van der Waals surface area contributed by atoms with Crippen LogP contribution in [0.15, 0.2) is 73.1 Å². The van der Waals surface area contributed by atoms with E-state index >= 15 is 0 Å². The van der Waals surface area contributed by atoms with Gasteiger partial charge in [0.1, 0.15) is 0 Å². The highest BCUT2D eigenvalue weighted by Gasteiger charge is 1.98. The Morgan fingerprint density at radius 3 is 1.33 bits per heavy atom. The molecule has 108 valence electrons. The molecule has 0 spiro atoms. The summed E-state index contributed by atoms with van der Waals surface area (Å²) < 4.78 is 0. The van der Waals surface area contributed by atoms with Crippen LogP contribution in [-0.2, 0) is 6.42 Å². The monoisotopic (exact) mass is 278 g/mol. The van der Waals surface area contributed by atoms with Crippen LogP contribution < -0.4 is 10.6 Å². The zero-order valence-corrected chi connectivity index (χ0v) is 12.7. The predicted molar refractivity (Wildman–Crippen MR) is 92.6 cm³/mol. The summed E-state index contributed by atoms with van der Waals surface area (Å²) in [7, 11) is 0. The Morgan fingerprint density at radius 1 is 0.714 bits per heavy atom. The predicted octanol–water partition coefficient (Wildman–Crippen LogP) is 5.17. The van der Waals surface area contributed by atoms with Crippen LogP contribution in [-0.4, -0.2) is 0 Å². The van der Waals surface area contributed by atoms with Crippen molar-refractivity contribution < 1.29 is 0 Å². The standard InChI is InChI=1S/C19H22N2/c1-14(2)20-18-9-5-16(6-10-18)13-17-7-11-19(12-8-17)21-15(3)4/h5-12,20-21H,1,3,13H2,2,4H3. The molecule has 2 N–H and O–H groups in total. The van der Waals surface area contributed by atoms with Crippen LogP contribution in [0, 0.1) is 0 Å². The van der Waals surface area contributed by atoms with E-state index in [9.17, 15) is 0 Å². The molecule has 2 aromatic rings. The topological polar surface area (TPSA) is 24.1 Å². The number of rotatable bonds is 6. The molecule has 2 rings (SSSR count). The third-order valence-corrected chi connectivity index (χ3v) is 3.03. The maximum absolute atomic E-state index is 3.85. The fraction of sp³-hybridized carbons (Fsp3) is 0.158. The lowest BCUT2D eigenvalue weighted by molar-refractivity contribution is 1.19. The van der Waals surface area contributed by atoms with Crippen molar-refractivity contribution >= 4 is 11.4 Å². The Hall–Kier alpha value is -2.48. The summed E-state index contributed by atoms with van der Waals surface area (Å²) in [5, 5.41) is 6.42. The Kier molecular flexibility index (Phi) is 4.83. The number of hydrogen-bond acceptors (Lipinski definition) is 2. The van der Waals surface area contributed by atoms with Gasteiger partial charge in [-0.1, -0.05) is 37.4 Å². The third-order valence-electron chi connectivity index (χ3n) is 3.03. The molecule has 2 aromatic carbocycles. The van der Waals surface area contributed by atoms with Crippen molar-refractivity contribution in [3.05, 3.63) is 84.2 Å². The number of anilines is 2. The molecule has 0 aliphatic carbocycles. The molecule has 0 saturated carbocycles. The van der Waals surface area contributed by atoms with Gasteiger partial charge in [0.15, 0.2) is 0 Å². The summed E-state index contributed by atoms with van der Waals surface area (Å²) >= 11 is 0. The second-order valence-corrected chi connectivity index (χ2v) is 5.38. The lowest BCUT2D eigenvalue weighted by Crippen LogP contribution is -1.95. The van der Waals surface area contributed by atoms with Crippen LogP contribution in [0.4, 0.5) is 11.4 Å². The first kappa shape index (κ1) is 14.9. The van der Waals surface area contributed by atoms with Gasteiger partial charge in [-0.15, -0.1) is 0 Å². The molecule has 0 atom stereocenters. The molecule has 0 amide bonds. The molecular weight excluding hydrogens is 256 g/mol. The van der Waals surface area contributed by atoms with Crippen LogP contribution in [0.25, 0.3) is 0 Å². The van der Waals surface area contributed by atoms with Crippen molar-refractivity contribution in [3.8, 4) is 0 Å². The summed E-state index contributed by atoms with van der Waals surface area (Å²) in [6.45, 7) is 11.6. The van der Waals surface area contributed by atoms with Gasteiger partial charge in [-0.25, -0.2) is 0 Å². The van der Waals surface area contributed by atoms with Gasteiger partial charge < -0.3 is 10.6 Å². The first-order chi connectivity index (χ1) is 10.0. The van der Waals surface area contributed by atoms with E-state index in [4.69, 9.17) is 0 Å². The Bertz CT molecular complexity index is 564. The van der Waals surface area contributed by atoms with Crippen molar-refractivity contribution in [2.75, 3.05) is 10.6 Å². The molecule has 0 bridgehead atoms. The lowest BCUT2D eigenvalue weighted by atomic mass is 10.0. The normalized spacial score (nSPS) is 10.0. The van der Waals surface area contributed by atoms with Gasteiger partial charge in [0.05, 0.1) is 0 Å². The van der Waals surface area contributed by atoms with Gasteiger partial charge in [0.25, 0.3) is 0 Å². The fourth-order valence-corrected chi connectivity index (χ4v) is 2.14. The SMILES string of the molecule is C=C(C)Nc1ccc(Cc2ccc(NC(=C)C)cc2)cc1. The highest BCUT2D eigenvalue weighted by molar-refractivity contribution is 5.50. The Balaban J connectivity index is 2.01. The zero-order chi connectivity index (χ0) is 15.2. The first-order valence-corrected chi connectivity index (χ1v) is 7.06. The van der Waals surface area contributed by atoms with Gasteiger partial charge in [0, 0.05) is 22.8 Å². The summed E-state index contributed by atoms with van der Waals surface area (Å²) in [5.74, 6) is 0. The molecule has 0 unspecified atom stereocenters. The largest absolute Gasteiger partial charge is 0.360 e. The fourth-order valence-electron chi connectivity index (χ4n) is 2.14. The lowest BCUT2D eigenvalue weighted by Gasteiger charge is -2.08. The number of allylic oxidation sites excluding steroid dienone is 2. The van der Waals surface area contributed by atoms with Crippen LogP contribution in [0.1, 0.15) is 25.0 Å². The highest BCUT2D eigenvalue weighted by Crippen LogP contribution is 2.17. The van der Waals surface area contributed by atoms with Gasteiger partial charge in [-0.3, -0.25) is 0 Å². The minimum Gasteiger partial charge on any atom is -0.360 e. The Labute approximate surface area is 127 Å². The summed E-state index contributed by atoms with van der Waals surface area (Å²) in [6, 6.07) is 16.9. The third kappa shape index (κ3) is 4.84. The molecule has 0 heterocycles. The van der Waals surface area contributed by atoms with Gasteiger partial charge in [0.2, 0.25) is 0 Å². The zero-order valence-electron chi connectivity index (χ0n) is 12.7. The van der Waals surface area contributed by atoms with Gasteiger partial charge in [-0.05, 0) is 55.7 Å². The van der Waals surface area contributed by atoms with E-state index in [-0.39, 0.29) is 0 Å². The molecule has 0 saturated heterocycles. The van der Waals surface area contributed by atoms with Crippen LogP contribution in [0.5, 0.6) is 0 Å². The molecule has 2 nitrogen and oxygen atoms in total.